The minimum Gasteiger partial charge on any atom is -0.385 e. The van der Waals surface area contributed by atoms with E-state index in [2.05, 4.69) is 23.9 Å². The highest BCUT2D eigenvalue weighted by molar-refractivity contribution is 4.95. The lowest BCUT2D eigenvalue weighted by Crippen LogP contribution is -2.40. The van der Waals surface area contributed by atoms with E-state index in [9.17, 15) is 0 Å². The lowest BCUT2D eigenvalue weighted by atomic mass is 9.95. The van der Waals surface area contributed by atoms with Crippen molar-refractivity contribution in [2.75, 3.05) is 13.7 Å². The molecule has 0 fully saturated rings. The Hall–Kier alpha value is -0.940. The van der Waals surface area contributed by atoms with Gasteiger partial charge in [-0.15, -0.1) is 0 Å². The van der Waals surface area contributed by atoms with Gasteiger partial charge in [0.25, 0.3) is 0 Å². The molecule has 0 saturated carbocycles. The lowest BCUT2D eigenvalue weighted by Gasteiger charge is -2.24. The van der Waals surface area contributed by atoms with Gasteiger partial charge in [-0.05, 0) is 19.3 Å². The summed E-state index contributed by atoms with van der Waals surface area (Å²) in [6, 6.07) is 0. The van der Waals surface area contributed by atoms with Crippen LogP contribution in [-0.2, 0) is 17.7 Å². The molecule has 17 heavy (non-hydrogen) atoms. The summed E-state index contributed by atoms with van der Waals surface area (Å²) in [5.74, 6) is 1.51. The Balaban J connectivity index is 2.64. The smallest absolute Gasteiger partial charge is 0.138 e. The Kier molecular flexibility index (Phi) is 5.08. The van der Waals surface area contributed by atoms with E-state index >= 15 is 0 Å². The van der Waals surface area contributed by atoms with E-state index in [4.69, 9.17) is 10.5 Å². The Morgan fingerprint density at radius 1 is 1.53 bits per heavy atom. The zero-order valence-corrected chi connectivity index (χ0v) is 11.3. The first-order valence-corrected chi connectivity index (χ1v) is 6.09. The monoisotopic (exact) mass is 240 g/mol. The van der Waals surface area contributed by atoms with Crippen molar-refractivity contribution in [2.24, 2.45) is 11.7 Å². The molecule has 0 aliphatic heterocycles. The van der Waals surface area contributed by atoms with Gasteiger partial charge in [0.2, 0.25) is 0 Å². The van der Waals surface area contributed by atoms with Crippen LogP contribution in [0.1, 0.15) is 33.0 Å². The molecule has 5 nitrogen and oxygen atoms in total. The maximum atomic E-state index is 6.23. The molecule has 1 aromatic heterocycles. The molecule has 1 rings (SSSR count). The quantitative estimate of drug-likeness (QED) is 0.778. The molecule has 1 unspecified atom stereocenters. The fourth-order valence-corrected chi connectivity index (χ4v) is 1.71. The number of hydrogen-bond acceptors (Lipinski definition) is 4. The molecule has 0 amide bonds. The molecular formula is C12H24N4O. The second-order valence-corrected chi connectivity index (χ2v) is 5.33. The van der Waals surface area contributed by atoms with Gasteiger partial charge in [0.05, 0.1) is 0 Å². The zero-order valence-electron chi connectivity index (χ0n) is 11.3. The summed E-state index contributed by atoms with van der Waals surface area (Å²) < 4.78 is 7.02. The average Bonchev–Trinajstić information content (AvgIpc) is 2.61. The molecule has 0 bridgehead atoms. The molecule has 0 aliphatic carbocycles. The molecular weight excluding hydrogens is 216 g/mol. The molecule has 2 N–H and O–H groups in total. The van der Waals surface area contributed by atoms with Gasteiger partial charge < -0.3 is 10.5 Å². The molecule has 0 aliphatic rings. The number of nitrogens with zero attached hydrogens (tertiary/aromatic N) is 3. The predicted octanol–water partition coefficient (Wildman–Crippen LogP) is 1.23. The molecule has 5 heteroatoms. The number of ether oxygens (including phenoxy) is 1. The van der Waals surface area contributed by atoms with Crippen molar-refractivity contribution in [1.82, 2.24) is 14.8 Å². The zero-order chi connectivity index (χ0) is 12.9. The van der Waals surface area contributed by atoms with Gasteiger partial charge >= 0.3 is 0 Å². The predicted molar refractivity (Wildman–Crippen MR) is 67.6 cm³/mol. The van der Waals surface area contributed by atoms with Crippen LogP contribution in [0.25, 0.3) is 0 Å². The first kappa shape index (κ1) is 14.1. The van der Waals surface area contributed by atoms with E-state index in [1.165, 1.54) is 0 Å². The van der Waals surface area contributed by atoms with Crippen LogP contribution in [0.3, 0.4) is 0 Å². The number of aromatic nitrogens is 3. The molecule has 1 atom stereocenters. The SMILES string of the molecule is COCCC(C)(N)Cc1ncnn1CC(C)C. The van der Waals surface area contributed by atoms with Crippen molar-refractivity contribution in [3.63, 3.8) is 0 Å². The molecule has 0 spiro atoms. The van der Waals surface area contributed by atoms with E-state index in [1.54, 1.807) is 13.4 Å². The Morgan fingerprint density at radius 2 is 2.24 bits per heavy atom. The Labute approximate surface area is 103 Å². The standard InChI is InChI=1S/C12H24N4O/c1-10(2)8-16-11(14-9-15-16)7-12(3,13)5-6-17-4/h9-10H,5-8,13H2,1-4H3. The van der Waals surface area contributed by atoms with Crippen LogP contribution in [0.4, 0.5) is 0 Å². The van der Waals surface area contributed by atoms with Crippen LogP contribution in [-0.4, -0.2) is 34.0 Å². The van der Waals surface area contributed by atoms with Crippen molar-refractivity contribution in [3.8, 4) is 0 Å². The summed E-state index contributed by atoms with van der Waals surface area (Å²) in [4.78, 5) is 4.29. The second kappa shape index (κ2) is 6.12. The second-order valence-electron chi connectivity index (χ2n) is 5.33. The fourth-order valence-electron chi connectivity index (χ4n) is 1.71. The highest BCUT2D eigenvalue weighted by atomic mass is 16.5. The first-order chi connectivity index (χ1) is 7.94. The van der Waals surface area contributed by atoms with Crippen molar-refractivity contribution in [1.29, 1.82) is 0 Å². The van der Waals surface area contributed by atoms with E-state index in [0.29, 0.717) is 12.5 Å². The van der Waals surface area contributed by atoms with Crippen molar-refractivity contribution in [3.05, 3.63) is 12.2 Å². The van der Waals surface area contributed by atoms with Gasteiger partial charge in [0.15, 0.2) is 0 Å². The maximum absolute atomic E-state index is 6.23. The minimum absolute atomic E-state index is 0.294. The normalized spacial score (nSPS) is 15.2. The molecule has 0 radical (unpaired) electrons. The number of rotatable bonds is 7. The summed E-state index contributed by atoms with van der Waals surface area (Å²) in [7, 11) is 1.69. The highest BCUT2D eigenvalue weighted by Crippen LogP contribution is 2.13. The first-order valence-electron chi connectivity index (χ1n) is 6.09. The third kappa shape index (κ3) is 4.83. The van der Waals surface area contributed by atoms with Gasteiger partial charge in [-0.2, -0.15) is 5.10 Å². The maximum Gasteiger partial charge on any atom is 0.138 e. The molecule has 0 saturated heterocycles. The summed E-state index contributed by atoms with van der Waals surface area (Å²) in [6.07, 6.45) is 3.14. The van der Waals surface area contributed by atoms with Crippen molar-refractivity contribution >= 4 is 0 Å². The summed E-state index contributed by atoms with van der Waals surface area (Å²) >= 11 is 0. The molecule has 98 valence electrons. The van der Waals surface area contributed by atoms with Gasteiger partial charge in [0, 0.05) is 32.2 Å². The van der Waals surface area contributed by atoms with E-state index in [1.807, 2.05) is 11.6 Å². The van der Waals surface area contributed by atoms with Gasteiger partial charge in [-0.25, -0.2) is 9.67 Å². The number of methoxy groups -OCH3 is 1. The summed E-state index contributed by atoms with van der Waals surface area (Å²) in [6.45, 7) is 7.91. The third-order valence-corrected chi connectivity index (χ3v) is 2.67. The minimum atomic E-state index is -0.294. The van der Waals surface area contributed by atoms with Gasteiger partial charge in [0.1, 0.15) is 12.2 Å². The van der Waals surface area contributed by atoms with Crippen LogP contribution in [0.5, 0.6) is 0 Å². The number of hydrogen-bond donors (Lipinski definition) is 1. The fraction of sp³-hybridized carbons (Fsp3) is 0.833. The highest BCUT2D eigenvalue weighted by Gasteiger charge is 2.22. The van der Waals surface area contributed by atoms with Gasteiger partial charge in [-0.1, -0.05) is 13.8 Å². The average molecular weight is 240 g/mol. The van der Waals surface area contributed by atoms with E-state index < -0.39 is 0 Å². The molecule has 1 heterocycles. The molecule has 1 aromatic rings. The van der Waals surface area contributed by atoms with E-state index in [-0.39, 0.29) is 5.54 Å². The largest absolute Gasteiger partial charge is 0.385 e. The lowest BCUT2D eigenvalue weighted by molar-refractivity contribution is 0.170. The Bertz CT molecular complexity index is 333. The topological polar surface area (TPSA) is 66.0 Å². The van der Waals surface area contributed by atoms with Crippen LogP contribution >= 0.6 is 0 Å². The van der Waals surface area contributed by atoms with Gasteiger partial charge in [-0.3, -0.25) is 0 Å². The third-order valence-electron chi connectivity index (χ3n) is 2.67. The van der Waals surface area contributed by atoms with Crippen molar-refractivity contribution < 1.29 is 4.74 Å². The Morgan fingerprint density at radius 3 is 2.82 bits per heavy atom. The number of nitrogens with two attached hydrogens (primary N) is 1. The summed E-state index contributed by atoms with van der Waals surface area (Å²) in [5.41, 5.74) is 5.94. The van der Waals surface area contributed by atoms with E-state index in [0.717, 1.165) is 25.2 Å². The van der Waals surface area contributed by atoms with Crippen LogP contribution < -0.4 is 5.73 Å². The van der Waals surface area contributed by atoms with Crippen LogP contribution in [0.2, 0.25) is 0 Å². The summed E-state index contributed by atoms with van der Waals surface area (Å²) in [5, 5.41) is 4.24. The van der Waals surface area contributed by atoms with Crippen LogP contribution in [0, 0.1) is 5.92 Å². The van der Waals surface area contributed by atoms with Crippen molar-refractivity contribution in [2.45, 2.75) is 45.7 Å². The molecule has 0 aromatic carbocycles. The van der Waals surface area contributed by atoms with Crippen LogP contribution in [0.15, 0.2) is 6.33 Å².